The highest BCUT2D eigenvalue weighted by molar-refractivity contribution is 7.98. The Bertz CT molecular complexity index is 1280. The van der Waals surface area contributed by atoms with Crippen molar-refractivity contribution < 1.29 is 48.6 Å². The Kier molecular flexibility index (Phi) is 8.52. The lowest BCUT2D eigenvalue weighted by Crippen LogP contribution is -2.25. The maximum Gasteiger partial charge on any atom is 0.586 e. The van der Waals surface area contributed by atoms with Gasteiger partial charge in [-0.2, -0.15) is 13.2 Å². The molecule has 1 unspecified atom stereocenters. The van der Waals surface area contributed by atoms with Crippen LogP contribution in [0.4, 0.5) is 36.4 Å². The van der Waals surface area contributed by atoms with Crippen LogP contribution in [-0.4, -0.2) is 28.9 Å². The first-order chi connectivity index (χ1) is 16.0. The highest BCUT2D eigenvalue weighted by Crippen LogP contribution is 2.45. The van der Waals surface area contributed by atoms with E-state index in [1.807, 2.05) is 0 Å². The fourth-order valence-electron chi connectivity index (χ4n) is 2.69. The number of benzene rings is 3. The first kappa shape index (κ1) is 28.1. The fourth-order valence-corrected chi connectivity index (χ4v) is 4.51. The molecule has 0 bridgehead atoms. The van der Waals surface area contributed by atoms with Gasteiger partial charge < -0.3 is 4.55 Å². The molecule has 0 saturated heterocycles. The predicted molar refractivity (Wildman–Crippen MR) is 111 cm³/mol. The van der Waals surface area contributed by atoms with Crippen LogP contribution in [0, 0.1) is 15.9 Å². The van der Waals surface area contributed by atoms with Crippen molar-refractivity contribution >= 4 is 26.7 Å². The molecule has 0 heterocycles. The van der Waals surface area contributed by atoms with Crippen LogP contribution in [0.5, 0.6) is 0 Å². The Balaban J connectivity index is 0.000000466. The van der Waals surface area contributed by atoms with Gasteiger partial charge in [0, 0.05) is 6.07 Å². The molecule has 6 nitrogen and oxygen atoms in total. The van der Waals surface area contributed by atoms with Crippen molar-refractivity contribution in [3.8, 4) is 11.1 Å². The van der Waals surface area contributed by atoms with E-state index in [1.165, 1.54) is 30.3 Å². The van der Waals surface area contributed by atoms with Crippen molar-refractivity contribution in [2.24, 2.45) is 0 Å². The third kappa shape index (κ3) is 7.16. The zero-order valence-corrected chi connectivity index (χ0v) is 18.5. The molecule has 0 aromatic heterocycles. The lowest BCUT2D eigenvalue weighted by molar-refractivity contribution is -0.384. The van der Waals surface area contributed by atoms with Crippen molar-refractivity contribution in [2.75, 3.05) is 0 Å². The standard InChI is InChI=1S/C19H12F4NO2S.CHF3O3S/c20-14-9-11-15(12-10-14)27(19(21,22)23)17-8-4-7-16(24(25)26)18(17)13-5-2-1-3-6-13;2-1(3,4)8(5,6)7/h1-12H;(H,5,6,7)/q+1;/p-1. The van der Waals surface area contributed by atoms with Gasteiger partial charge in [0.05, 0.1) is 4.92 Å². The normalized spacial score (nSPS) is 12.9. The van der Waals surface area contributed by atoms with Crippen molar-refractivity contribution in [2.45, 2.75) is 20.8 Å². The quantitative estimate of drug-likeness (QED) is 0.100. The minimum Gasteiger partial charge on any atom is -0.741 e. The molecular weight excluding hydrogens is 531 g/mol. The summed E-state index contributed by atoms with van der Waals surface area (Å²) in [6.45, 7) is 0. The summed E-state index contributed by atoms with van der Waals surface area (Å²) < 4.78 is 114. The summed E-state index contributed by atoms with van der Waals surface area (Å²) in [6.07, 6.45) is 0. The van der Waals surface area contributed by atoms with Crippen molar-refractivity contribution in [3.63, 3.8) is 0 Å². The van der Waals surface area contributed by atoms with E-state index >= 15 is 0 Å². The van der Waals surface area contributed by atoms with Crippen LogP contribution in [0.25, 0.3) is 11.1 Å². The van der Waals surface area contributed by atoms with Gasteiger partial charge in [0.1, 0.15) is 11.4 Å². The third-order valence-electron chi connectivity index (χ3n) is 4.05. The molecule has 35 heavy (non-hydrogen) atoms. The molecule has 0 amide bonds. The smallest absolute Gasteiger partial charge is 0.586 e. The maximum atomic E-state index is 14.0. The molecule has 0 spiro atoms. The topological polar surface area (TPSA) is 100 Å². The van der Waals surface area contributed by atoms with E-state index in [-0.39, 0.29) is 15.4 Å². The number of alkyl halides is 6. The summed E-state index contributed by atoms with van der Waals surface area (Å²) in [6, 6.07) is 15.5. The number of nitro groups is 1. The van der Waals surface area contributed by atoms with Gasteiger partial charge in [-0.25, -0.2) is 12.8 Å². The summed E-state index contributed by atoms with van der Waals surface area (Å²) in [5.41, 5.74) is -10.5. The van der Waals surface area contributed by atoms with Crippen LogP contribution < -0.4 is 0 Å². The summed E-state index contributed by atoms with van der Waals surface area (Å²) >= 11 is 0. The highest BCUT2D eigenvalue weighted by Gasteiger charge is 2.56. The molecular formula is C20H12F7NO5S2. The molecule has 3 aromatic carbocycles. The zero-order chi connectivity index (χ0) is 26.6. The van der Waals surface area contributed by atoms with E-state index in [0.29, 0.717) is 5.56 Å². The minimum atomic E-state index is -6.09. The van der Waals surface area contributed by atoms with Crippen molar-refractivity contribution in [1.29, 1.82) is 0 Å². The predicted octanol–water partition coefficient (Wildman–Crippen LogP) is 6.01. The molecule has 15 heteroatoms. The van der Waals surface area contributed by atoms with Gasteiger partial charge in [-0.3, -0.25) is 10.1 Å². The molecule has 0 fully saturated rings. The van der Waals surface area contributed by atoms with Gasteiger partial charge in [0.25, 0.3) is 5.69 Å². The van der Waals surface area contributed by atoms with Gasteiger partial charge in [-0.05, 0) is 35.9 Å². The number of halogens is 7. The first-order valence-corrected chi connectivity index (χ1v) is 11.6. The van der Waals surface area contributed by atoms with Gasteiger partial charge in [0.2, 0.25) is 0 Å². The van der Waals surface area contributed by atoms with Crippen LogP contribution in [0.15, 0.2) is 82.6 Å². The average Bonchev–Trinajstić information content (AvgIpc) is 2.74. The highest BCUT2D eigenvalue weighted by atomic mass is 32.2. The molecule has 1 atom stereocenters. The monoisotopic (exact) mass is 543 g/mol. The third-order valence-corrected chi connectivity index (χ3v) is 6.60. The molecule has 0 radical (unpaired) electrons. The van der Waals surface area contributed by atoms with Crippen LogP contribution in [-0.2, 0) is 21.0 Å². The average molecular weight is 543 g/mol. The van der Waals surface area contributed by atoms with E-state index in [1.54, 1.807) is 18.2 Å². The molecule has 188 valence electrons. The van der Waals surface area contributed by atoms with Gasteiger partial charge in [-0.1, -0.05) is 36.4 Å². The van der Waals surface area contributed by atoms with Crippen LogP contribution in [0.3, 0.4) is 0 Å². The second-order valence-corrected chi connectivity index (χ2v) is 9.74. The molecule has 0 N–H and O–H groups in total. The van der Waals surface area contributed by atoms with Crippen LogP contribution in [0.2, 0.25) is 0 Å². The lowest BCUT2D eigenvalue weighted by Gasteiger charge is -2.14. The number of hydrogen-bond acceptors (Lipinski definition) is 5. The number of nitro benzene ring substituents is 1. The van der Waals surface area contributed by atoms with Gasteiger partial charge in [0.15, 0.2) is 30.8 Å². The Morgan fingerprint density at radius 1 is 0.800 bits per heavy atom. The second-order valence-electron chi connectivity index (χ2n) is 6.38. The molecule has 0 aliphatic heterocycles. The van der Waals surface area contributed by atoms with Gasteiger partial charge in [-0.15, -0.1) is 13.2 Å². The zero-order valence-electron chi connectivity index (χ0n) is 16.9. The lowest BCUT2D eigenvalue weighted by atomic mass is 10.0. The van der Waals surface area contributed by atoms with Gasteiger partial charge >= 0.3 is 11.0 Å². The maximum absolute atomic E-state index is 14.0. The number of hydrogen-bond donors (Lipinski definition) is 0. The second kappa shape index (κ2) is 10.6. The minimum absolute atomic E-state index is 0.0897. The first-order valence-electron chi connectivity index (χ1n) is 8.95. The number of nitrogens with zero attached hydrogens (tertiary/aromatic N) is 1. The van der Waals surface area contributed by atoms with Crippen LogP contribution in [0.1, 0.15) is 0 Å². The summed E-state index contributed by atoms with van der Waals surface area (Å²) in [5.74, 6) is -0.660. The molecule has 0 aliphatic carbocycles. The Morgan fingerprint density at radius 3 is 1.74 bits per heavy atom. The fraction of sp³-hybridized carbons (Fsp3) is 0.100. The largest absolute Gasteiger partial charge is 0.741 e. The molecule has 0 saturated carbocycles. The van der Waals surface area contributed by atoms with E-state index in [2.05, 4.69) is 0 Å². The van der Waals surface area contributed by atoms with E-state index in [9.17, 15) is 40.8 Å². The molecule has 0 aliphatic rings. The van der Waals surface area contributed by atoms with Crippen LogP contribution >= 0.6 is 0 Å². The Hall–Kier alpha value is -3.17. The van der Waals surface area contributed by atoms with E-state index < -0.39 is 48.5 Å². The van der Waals surface area contributed by atoms with E-state index in [0.717, 1.165) is 24.3 Å². The SMILES string of the molecule is O=S(=O)([O-])C(F)(F)F.O=[N+]([O-])c1cccc([S+](c2ccc(F)cc2)C(F)(F)F)c1-c1ccccc1. The van der Waals surface area contributed by atoms with Crippen molar-refractivity contribution in [3.05, 3.63) is 88.7 Å². The summed E-state index contributed by atoms with van der Waals surface area (Å²) in [7, 11) is -8.58. The summed E-state index contributed by atoms with van der Waals surface area (Å²) in [4.78, 5) is 10.4. The van der Waals surface area contributed by atoms with Crippen molar-refractivity contribution in [1.82, 2.24) is 0 Å². The molecule has 3 aromatic rings. The molecule has 3 rings (SSSR count). The summed E-state index contributed by atoms with van der Waals surface area (Å²) in [5, 5.41) is 11.5. The Labute approximate surface area is 196 Å². The van der Waals surface area contributed by atoms with E-state index in [4.69, 9.17) is 13.0 Å². The Morgan fingerprint density at radius 2 is 1.31 bits per heavy atom. The number of rotatable bonds is 4.